The van der Waals surface area contributed by atoms with Gasteiger partial charge in [-0.2, -0.15) is 23.1 Å². The molecule has 58 heavy (non-hydrogen) atoms. The largest absolute Gasteiger partial charge is 0.471 e. The van der Waals surface area contributed by atoms with Crippen LogP contribution in [0.15, 0.2) is 96.2 Å². The van der Waals surface area contributed by atoms with E-state index in [0.717, 1.165) is 16.0 Å². The van der Waals surface area contributed by atoms with E-state index in [-0.39, 0.29) is 43.0 Å². The van der Waals surface area contributed by atoms with Gasteiger partial charge in [0.05, 0.1) is 18.4 Å². The highest BCUT2D eigenvalue weighted by Crippen LogP contribution is 2.38. The van der Waals surface area contributed by atoms with Crippen LogP contribution < -0.4 is 20.9 Å². The topological polar surface area (TPSA) is 161 Å². The first-order chi connectivity index (χ1) is 27.9. The molecule has 13 nitrogen and oxygen atoms in total. The van der Waals surface area contributed by atoms with Crippen molar-refractivity contribution in [2.75, 3.05) is 48.0 Å². The first-order valence-electron chi connectivity index (χ1n) is 19.2. The number of hydrogen-bond donors (Lipinski definition) is 5. The van der Waals surface area contributed by atoms with Crippen molar-refractivity contribution in [3.05, 3.63) is 102 Å². The molecule has 7 rings (SSSR count). The van der Waals surface area contributed by atoms with Crippen LogP contribution in [0.5, 0.6) is 0 Å². The van der Waals surface area contributed by atoms with Crippen LogP contribution in [0.4, 0.5) is 35.4 Å². The molecule has 1 saturated carbocycles. The van der Waals surface area contributed by atoms with Crippen molar-refractivity contribution in [1.29, 1.82) is 0 Å². The number of halogens is 3. The first kappa shape index (κ1) is 40.8. The van der Waals surface area contributed by atoms with Crippen LogP contribution in [0.25, 0.3) is 11.2 Å². The molecule has 0 spiro atoms. The molecule has 306 valence electrons. The summed E-state index contributed by atoms with van der Waals surface area (Å²) in [4.78, 5) is 43.6. The van der Waals surface area contributed by atoms with E-state index >= 15 is 0 Å². The number of alkyl halides is 3. The molecule has 3 amide bonds. The van der Waals surface area contributed by atoms with Gasteiger partial charge in [-0.1, -0.05) is 67.6 Å². The fourth-order valence-electron chi connectivity index (χ4n) is 7.89. The number of thioether (sulfide) groups is 1. The van der Waals surface area contributed by atoms with E-state index in [4.69, 9.17) is 9.97 Å². The summed E-state index contributed by atoms with van der Waals surface area (Å²) in [6.45, 7) is 2.68. The zero-order chi connectivity index (χ0) is 41.0. The SMILES string of the molecule is CCCN(C(=O)C(F)(F)F)[C@H]1C[C@@H](n2cnc3c(NCC(c4ccccc4)c4ccccc4)nc(N4CC[C@@H](NC(=O)Nc5ccc(SC)cc5)C4)nc32)[C@H](O)[C@@H]1O. The van der Waals surface area contributed by atoms with Gasteiger partial charge in [0, 0.05) is 48.7 Å². The third kappa shape index (κ3) is 8.85. The van der Waals surface area contributed by atoms with Gasteiger partial charge in [0.2, 0.25) is 5.95 Å². The lowest BCUT2D eigenvalue weighted by Crippen LogP contribution is -2.51. The van der Waals surface area contributed by atoms with Crippen LogP contribution in [0.1, 0.15) is 49.3 Å². The number of aromatic nitrogens is 4. The van der Waals surface area contributed by atoms with Gasteiger partial charge >= 0.3 is 18.1 Å². The average molecular weight is 818 g/mol. The van der Waals surface area contributed by atoms with Crippen molar-refractivity contribution in [2.24, 2.45) is 0 Å². The molecule has 0 radical (unpaired) electrons. The molecule has 17 heteroatoms. The van der Waals surface area contributed by atoms with Crippen molar-refractivity contribution in [2.45, 2.75) is 73.5 Å². The third-order valence-electron chi connectivity index (χ3n) is 10.8. The van der Waals surface area contributed by atoms with Crippen molar-refractivity contribution in [3.63, 3.8) is 0 Å². The minimum atomic E-state index is -5.15. The van der Waals surface area contributed by atoms with Gasteiger partial charge in [0.1, 0.15) is 12.2 Å². The maximum absolute atomic E-state index is 13.7. The standard InChI is InChI=1S/C41H46F3N9O4S/c1-3-19-52(38(56)41(42,43)44)31-21-32(35(55)34(31)54)53-24-46-33-36(45-22-30(25-10-6-4-7-11-25)26-12-8-5-9-13-26)49-39(50-37(33)53)51-20-18-28(23-51)48-40(57)47-27-14-16-29(58-2)17-15-27/h4-17,24,28,30-32,34-35,54-55H,3,18-23H2,1-2H3,(H,45,49,50)(H2,47,48,57)/t28-,31+,32-,34-,35+/m1/s1. The molecule has 0 unspecified atom stereocenters. The van der Waals surface area contributed by atoms with Gasteiger partial charge in [0.15, 0.2) is 17.0 Å². The van der Waals surface area contributed by atoms with Crippen LogP contribution in [-0.4, -0.2) is 109 Å². The molecule has 3 heterocycles. The maximum atomic E-state index is 13.7. The number of fused-ring (bicyclic) bond motifs is 1. The van der Waals surface area contributed by atoms with Gasteiger partial charge in [-0.05, 0) is 60.9 Å². The summed E-state index contributed by atoms with van der Waals surface area (Å²) >= 11 is 1.61. The Hall–Kier alpha value is -5.39. The van der Waals surface area contributed by atoms with E-state index in [0.29, 0.717) is 53.9 Å². The summed E-state index contributed by atoms with van der Waals surface area (Å²) in [6, 6.07) is 24.7. The number of hydrogen-bond acceptors (Lipinski definition) is 10. The highest BCUT2D eigenvalue weighted by Gasteiger charge is 2.51. The van der Waals surface area contributed by atoms with Gasteiger partial charge in [-0.3, -0.25) is 4.79 Å². The molecule has 3 aromatic carbocycles. The van der Waals surface area contributed by atoms with Crippen LogP contribution in [0, 0.1) is 0 Å². The Morgan fingerprint density at radius 2 is 1.64 bits per heavy atom. The van der Waals surface area contributed by atoms with Crippen LogP contribution in [0.3, 0.4) is 0 Å². The lowest BCUT2D eigenvalue weighted by Gasteiger charge is -2.31. The number of rotatable bonds is 13. The average Bonchev–Trinajstić information content (AvgIpc) is 3.95. The number of aliphatic hydroxyl groups is 2. The number of nitrogens with one attached hydrogen (secondary N) is 3. The second-order valence-corrected chi connectivity index (χ2v) is 15.4. The number of amides is 3. The minimum absolute atomic E-state index is 0.0861. The summed E-state index contributed by atoms with van der Waals surface area (Å²) in [7, 11) is 0. The van der Waals surface area contributed by atoms with Gasteiger partial charge in [-0.25, -0.2) is 9.78 Å². The molecule has 1 aliphatic carbocycles. The Balaban J connectivity index is 1.19. The highest BCUT2D eigenvalue weighted by atomic mass is 32.2. The van der Waals surface area contributed by atoms with E-state index < -0.39 is 36.4 Å². The summed E-state index contributed by atoms with van der Waals surface area (Å²) < 4.78 is 42.6. The van der Waals surface area contributed by atoms with E-state index in [1.54, 1.807) is 23.3 Å². The third-order valence-corrected chi connectivity index (χ3v) is 11.5. The number of aliphatic hydroxyl groups excluding tert-OH is 2. The summed E-state index contributed by atoms with van der Waals surface area (Å²) in [5, 5.41) is 31.9. The Bertz CT molecular complexity index is 2140. The molecular weight excluding hydrogens is 772 g/mol. The van der Waals surface area contributed by atoms with Crippen molar-refractivity contribution < 1.29 is 33.0 Å². The Morgan fingerprint density at radius 3 is 2.26 bits per heavy atom. The number of carbonyl (C=O) groups is 2. The molecule has 5 atom stereocenters. The highest BCUT2D eigenvalue weighted by molar-refractivity contribution is 7.98. The van der Waals surface area contributed by atoms with Crippen LogP contribution >= 0.6 is 11.8 Å². The number of nitrogens with zero attached hydrogens (tertiary/aromatic N) is 6. The number of benzene rings is 3. The predicted octanol–water partition coefficient (Wildman–Crippen LogP) is 6.03. The number of urea groups is 1. The Labute approximate surface area is 338 Å². The Kier molecular flexibility index (Phi) is 12.4. The molecule has 5 aromatic rings. The minimum Gasteiger partial charge on any atom is -0.388 e. The number of carbonyl (C=O) groups excluding carboxylic acids is 2. The van der Waals surface area contributed by atoms with E-state index in [9.17, 15) is 33.0 Å². The molecule has 1 aliphatic heterocycles. The molecule has 2 aliphatic rings. The summed E-state index contributed by atoms with van der Waals surface area (Å²) in [5.74, 6) is -1.45. The van der Waals surface area contributed by atoms with Crippen molar-refractivity contribution in [3.8, 4) is 0 Å². The van der Waals surface area contributed by atoms with Gasteiger partial charge in [0.25, 0.3) is 0 Å². The Morgan fingerprint density at radius 1 is 0.966 bits per heavy atom. The molecule has 2 aromatic heterocycles. The fourth-order valence-corrected chi connectivity index (χ4v) is 8.30. The lowest BCUT2D eigenvalue weighted by atomic mass is 9.91. The molecule has 2 fully saturated rings. The summed E-state index contributed by atoms with van der Waals surface area (Å²) in [5.41, 5.74) is 3.44. The van der Waals surface area contributed by atoms with E-state index in [1.807, 2.05) is 71.8 Å². The smallest absolute Gasteiger partial charge is 0.388 e. The zero-order valence-electron chi connectivity index (χ0n) is 32.0. The quantitative estimate of drug-likeness (QED) is 0.0889. The van der Waals surface area contributed by atoms with Gasteiger partial charge < -0.3 is 40.5 Å². The first-order valence-corrected chi connectivity index (χ1v) is 20.5. The summed E-state index contributed by atoms with van der Waals surface area (Å²) in [6.07, 6.45) is -4.28. The molecule has 1 saturated heterocycles. The monoisotopic (exact) mass is 817 g/mol. The van der Waals surface area contributed by atoms with E-state index in [2.05, 4.69) is 45.2 Å². The number of anilines is 3. The van der Waals surface area contributed by atoms with E-state index in [1.165, 1.54) is 6.33 Å². The number of imidazole rings is 1. The second kappa shape index (κ2) is 17.6. The second-order valence-electron chi connectivity index (χ2n) is 14.6. The zero-order valence-corrected chi connectivity index (χ0v) is 32.8. The molecular formula is C41H46F3N9O4S. The predicted molar refractivity (Wildman–Crippen MR) is 217 cm³/mol. The normalized spacial score (nSPS) is 20.8. The molecule has 0 bridgehead atoms. The van der Waals surface area contributed by atoms with Crippen molar-refractivity contribution >= 4 is 52.3 Å². The van der Waals surface area contributed by atoms with Crippen molar-refractivity contribution in [1.82, 2.24) is 29.7 Å². The van der Waals surface area contributed by atoms with Crippen LogP contribution in [0.2, 0.25) is 0 Å². The maximum Gasteiger partial charge on any atom is 0.471 e. The lowest BCUT2D eigenvalue weighted by molar-refractivity contribution is -0.190. The van der Waals surface area contributed by atoms with Crippen LogP contribution in [-0.2, 0) is 4.79 Å². The molecule has 5 N–H and O–H groups in total. The fraction of sp³-hybridized carbons (Fsp3) is 0.390. The van der Waals surface area contributed by atoms with Gasteiger partial charge in [-0.15, -0.1) is 11.8 Å².